The highest BCUT2D eigenvalue weighted by Crippen LogP contribution is 2.44. The number of nitrogens with zero attached hydrogens (tertiary/aromatic N) is 2. The number of ether oxygens (including phenoxy) is 2. The first-order chi connectivity index (χ1) is 24.7. The van der Waals surface area contributed by atoms with Gasteiger partial charge in [0.05, 0.1) is 28.6 Å². The van der Waals surface area contributed by atoms with Crippen molar-refractivity contribution >= 4 is 54.9 Å². The second-order valence-corrected chi connectivity index (χ2v) is 17.4. The van der Waals surface area contributed by atoms with Crippen LogP contribution in [0.4, 0.5) is 0 Å². The van der Waals surface area contributed by atoms with E-state index in [-0.39, 0.29) is 11.9 Å². The third-order valence-electron chi connectivity index (χ3n) is 9.07. The van der Waals surface area contributed by atoms with Crippen molar-refractivity contribution in [3.63, 3.8) is 0 Å². The van der Waals surface area contributed by atoms with Crippen LogP contribution in [0.25, 0.3) is 5.57 Å². The zero-order valence-corrected chi connectivity index (χ0v) is 33.5. The summed E-state index contributed by atoms with van der Waals surface area (Å²) in [6.45, 7) is 9.62. The summed E-state index contributed by atoms with van der Waals surface area (Å²) in [7, 11) is -7.33. The largest absolute Gasteiger partial charge is 0.490 e. The molecule has 2 atom stereocenters. The summed E-state index contributed by atoms with van der Waals surface area (Å²) >= 11 is 12.6. The maximum Gasteiger partial charge on any atom is 0.261 e. The van der Waals surface area contributed by atoms with Gasteiger partial charge in [-0.3, -0.25) is 23.7 Å². The number of piperazine rings is 1. The molecule has 0 unspecified atom stereocenters. The molecule has 2 heterocycles. The Morgan fingerprint density at radius 2 is 1.43 bits per heavy atom. The second-order valence-electron chi connectivity index (χ2n) is 13.6. The standard InChI is InChI=1S/C35H39Cl2N3O3.2CH4O3S/c1-21-15-30(36)34(31(37)16-21)43-14-13-42-28-11-7-24(8-12-28)29-17-27-19-39(18-25-6-4-5-22(2)23(25)3)20-32(33(29)35(38)41)40(27)26-9-10-26;2*1-5(2,3)4/h4-8,11-12,15-16,26-27,32H,9-10,13-14,17-20H2,1-3H3,(H2,38,41);2*1H3,(H,2,3,4)/t27-,32-;;/m1../s1. The third-order valence-corrected chi connectivity index (χ3v) is 9.63. The molecule has 1 aliphatic carbocycles. The fraction of sp³-hybridized carbons (Fsp3) is 0.432. The maximum atomic E-state index is 13.1. The number of carbonyl (C=O) groups excluding carboxylic acids is 1. The number of benzene rings is 3. The summed E-state index contributed by atoms with van der Waals surface area (Å²) in [5.41, 5.74) is 14.0. The number of rotatable bonds is 10. The average molecular weight is 813 g/mol. The lowest BCUT2D eigenvalue weighted by molar-refractivity contribution is -0.116. The van der Waals surface area contributed by atoms with E-state index in [2.05, 4.69) is 41.8 Å². The molecule has 0 aromatic heterocycles. The summed E-state index contributed by atoms with van der Waals surface area (Å²) in [6, 6.07) is 19.1. The molecule has 290 valence electrons. The van der Waals surface area contributed by atoms with Gasteiger partial charge in [0.15, 0.2) is 5.75 Å². The Morgan fingerprint density at radius 1 is 0.868 bits per heavy atom. The minimum absolute atomic E-state index is 0.00566. The van der Waals surface area contributed by atoms with E-state index in [9.17, 15) is 21.6 Å². The Morgan fingerprint density at radius 3 is 1.98 bits per heavy atom. The van der Waals surface area contributed by atoms with Gasteiger partial charge in [0.25, 0.3) is 20.2 Å². The molecular formula is C37H47Cl2N3O9S2. The number of amides is 1. The smallest absolute Gasteiger partial charge is 0.261 e. The average Bonchev–Trinajstić information content (AvgIpc) is 3.86. The molecule has 1 amide bonds. The van der Waals surface area contributed by atoms with Crippen molar-refractivity contribution in [1.29, 1.82) is 0 Å². The first-order valence-corrected chi connectivity index (χ1v) is 21.4. The van der Waals surface area contributed by atoms with Crippen molar-refractivity contribution in [3.05, 3.63) is 98.0 Å². The molecule has 0 spiro atoms. The van der Waals surface area contributed by atoms with Crippen molar-refractivity contribution in [2.75, 3.05) is 38.8 Å². The maximum absolute atomic E-state index is 13.1. The Kier molecular flexibility index (Phi) is 14.4. The van der Waals surface area contributed by atoms with Crippen molar-refractivity contribution in [3.8, 4) is 11.5 Å². The highest BCUT2D eigenvalue weighted by atomic mass is 35.5. The molecule has 4 N–H and O–H groups in total. The molecule has 2 aliphatic heterocycles. The molecule has 2 fully saturated rings. The number of aryl methyl sites for hydroxylation is 2. The highest BCUT2D eigenvalue weighted by molar-refractivity contribution is 7.85. The fourth-order valence-corrected chi connectivity index (χ4v) is 7.47. The van der Waals surface area contributed by atoms with Crippen molar-refractivity contribution in [2.24, 2.45) is 5.73 Å². The van der Waals surface area contributed by atoms with E-state index in [1.165, 1.54) is 29.5 Å². The third kappa shape index (κ3) is 13.0. The Balaban J connectivity index is 0.000000556. The van der Waals surface area contributed by atoms with E-state index in [0.717, 1.165) is 54.1 Å². The van der Waals surface area contributed by atoms with Crippen LogP contribution in [0.1, 0.15) is 47.1 Å². The Labute approximate surface area is 322 Å². The van der Waals surface area contributed by atoms with Crippen LogP contribution in [0.15, 0.2) is 60.2 Å². The van der Waals surface area contributed by atoms with Gasteiger partial charge in [0, 0.05) is 37.3 Å². The van der Waals surface area contributed by atoms with E-state index in [4.69, 9.17) is 47.5 Å². The van der Waals surface area contributed by atoms with Gasteiger partial charge in [-0.05, 0) is 97.7 Å². The molecule has 12 nitrogen and oxygen atoms in total. The molecule has 53 heavy (non-hydrogen) atoms. The van der Waals surface area contributed by atoms with E-state index < -0.39 is 20.2 Å². The summed E-state index contributed by atoms with van der Waals surface area (Å²) in [5.74, 6) is 0.878. The zero-order valence-electron chi connectivity index (χ0n) is 30.4. The van der Waals surface area contributed by atoms with Crippen LogP contribution in [0, 0.1) is 20.8 Å². The Bertz CT molecular complexity index is 1970. The lowest BCUT2D eigenvalue weighted by Gasteiger charge is -2.51. The van der Waals surface area contributed by atoms with Gasteiger partial charge in [-0.1, -0.05) is 53.5 Å². The van der Waals surface area contributed by atoms with Crippen LogP contribution in [-0.2, 0) is 31.6 Å². The van der Waals surface area contributed by atoms with Crippen LogP contribution >= 0.6 is 23.2 Å². The first kappa shape index (κ1) is 42.5. The van der Waals surface area contributed by atoms with Crippen LogP contribution in [-0.4, -0.2) is 98.6 Å². The van der Waals surface area contributed by atoms with Crippen molar-refractivity contribution < 1.29 is 40.2 Å². The van der Waals surface area contributed by atoms with Crippen LogP contribution in [0.2, 0.25) is 10.0 Å². The normalized spacial score (nSPS) is 19.0. The quantitative estimate of drug-likeness (QED) is 0.168. The lowest BCUT2D eigenvalue weighted by atomic mass is 9.81. The summed E-state index contributed by atoms with van der Waals surface area (Å²) in [4.78, 5) is 18.2. The minimum Gasteiger partial charge on any atom is -0.490 e. The molecule has 2 bridgehead atoms. The first-order valence-electron chi connectivity index (χ1n) is 16.9. The van der Waals surface area contributed by atoms with E-state index in [1.807, 2.05) is 43.3 Å². The molecule has 1 saturated carbocycles. The number of nitrogens with two attached hydrogens (primary N) is 1. The van der Waals surface area contributed by atoms with Gasteiger partial charge >= 0.3 is 0 Å². The monoisotopic (exact) mass is 811 g/mol. The van der Waals surface area contributed by atoms with Crippen LogP contribution < -0.4 is 15.2 Å². The van der Waals surface area contributed by atoms with Crippen molar-refractivity contribution in [1.82, 2.24) is 9.80 Å². The van der Waals surface area contributed by atoms with Crippen molar-refractivity contribution in [2.45, 2.75) is 64.7 Å². The number of primary amides is 1. The van der Waals surface area contributed by atoms with Gasteiger partial charge in [0.2, 0.25) is 5.91 Å². The highest BCUT2D eigenvalue weighted by Gasteiger charge is 2.48. The number of hydrogen-bond donors (Lipinski definition) is 3. The fourth-order valence-electron chi connectivity index (χ4n) is 6.76. The zero-order chi connectivity index (χ0) is 39.2. The molecule has 3 aromatic rings. The van der Waals surface area contributed by atoms with E-state index >= 15 is 0 Å². The van der Waals surface area contributed by atoms with Gasteiger partial charge in [-0.15, -0.1) is 0 Å². The van der Waals surface area contributed by atoms with E-state index in [0.29, 0.717) is 53.6 Å². The van der Waals surface area contributed by atoms with E-state index in [1.54, 1.807) is 0 Å². The van der Waals surface area contributed by atoms with Gasteiger partial charge < -0.3 is 15.2 Å². The number of hydrogen-bond acceptors (Lipinski definition) is 9. The lowest BCUT2D eigenvalue weighted by Crippen LogP contribution is -2.63. The number of halogens is 2. The van der Waals surface area contributed by atoms with Gasteiger partial charge in [0.1, 0.15) is 19.0 Å². The number of carbonyl (C=O) groups is 1. The minimum atomic E-state index is -3.67. The summed E-state index contributed by atoms with van der Waals surface area (Å²) < 4.78 is 63.5. The van der Waals surface area contributed by atoms with Crippen LogP contribution in [0.5, 0.6) is 11.5 Å². The predicted octanol–water partition coefficient (Wildman–Crippen LogP) is 5.74. The van der Waals surface area contributed by atoms with Gasteiger partial charge in [-0.25, -0.2) is 0 Å². The topological polar surface area (TPSA) is 177 Å². The molecule has 6 rings (SSSR count). The van der Waals surface area contributed by atoms with Gasteiger partial charge in [-0.2, -0.15) is 16.8 Å². The summed E-state index contributed by atoms with van der Waals surface area (Å²) in [5, 5.41) is 0.970. The molecule has 1 saturated heterocycles. The second kappa shape index (κ2) is 17.9. The molecular weight excluding hydrogens is 765 g/mol. The molecule has 0 radical (unpaired) electrons. The molecule has 16 heteroatoms. The number of fused-ring (bicyclic) bond motifs is 2. The molecule has 3 aromatic carbocycles. The predicted molar refractivity (Wildman–Crippen MR) is 208 cm³/mol. The SMILES string of the molecule is CS(=O)(=O)O.CS(=O)(=O)O.Cc1cc(Cl)c(OCCOc2ccc(C3=C(C(N)=O)[C@H]4CN(Cc5cccc(C)c5C)C[C@@H](C3)N4C3CC3)cc2)c(Cl)c1. The molecule has 3 aliphatic rings. The van der Waals surface area contributed by atoms with Crippen LogP contribution in [0.3, 0.4) is 0 Å². The summed E-state index contributed by atoms with van der Waals surface area (Å²) in [6.07, 6.45) is 4.63. The Hall–Kier alpha value is -3.21.